The summed E-state index contributed by atoms with van der Waals surface area (Å²) in [5, 5.41) is 13.8. The second-order valence-corrected chi connectivity index (χ2v) is 7.39. The van der Waals surface area contributed by atoms with E-state index in [1.807, 2.05) is 18.7 Å². The summed E-state index contributed by atoms with van der Waals surface area (Å²) < 4.78 is 1.81. The molecule has 1 aromatic carbocycles. The van der Waals surface area contributed by atoms with E-state index in [1.165, 1.54) is 11.1 Å². The maximum atomic E-state index is 12.8. The molecule has 0 saturated carbocycles. The molecule has 4 rings (SSSR count). The minimum Gasteiger partial charge on any atom is -0.352 e. The zero-order chi connectivity index (χ0) is 17.7. The van der Waals surface area contributed by atoms with E-state index in [1.54, 1.807) is 17.5 Å². The van der Waals surface area contributed by atoms with Gasteiger partial charge >= 0.3 is 0 Å². The molecule has 3 aromatic rings. The van der Waals surface area contributed by atoms with E-state index in [4.69, 9.17) is 0 Å². The van der Waals surface area contributed by atoms with E-state index in [9.17, 15) is 4.79 Å². The number of thiophene rings is 1. The second kappa shape index (κ2) is 5.74. The summed E-state index contributed by atoms with van der Waals surface area (Å²) >= 11 is 1.57. The van der Waals surface area contributed by atoms with Crippen molar-refractivity contribution in [3.63, 3.8) is 0 Å². The van der Waals surface area contributed by atoms with Gasteiger partial charge in [-0.15, -0.1) is 11.3 Å². The third-order valence-corrected chi connectivity index (χ3v) is 5.88. The van der Waals surface area contributed by atoms with Gasteiger partial charge in [0.25, 0.3) is 5.91 Å². The predicted octanol–water partition coefficient (Wildman–Crippen LogP) is 3.93. The molecule has 1 aliphatic rings. The van der Waals surface area contributed by atoms with Gasteiger partial charge in [-0.3, -0.25) is 9.48 Å². The molecule has 0 fully saturated rings. The Kier molecular flexibility index (Phi) is 3.65. The molecule has 128 valence electrons. The van der Waals surface area contributed by atoms with Crippen LogP contribution in [0.3, 0.4) is 0 Å². The highest BCUT2D eigenvalue weighted by Gasteiger charge is 2.30. The monoisotopic (exact) mass is 352 g/mol. The van der Waals surface area contributed by atoms with Crippen molar-refractivity contribution in [3.8, 4) is 11.1 Å². The first-order valence-corrected chi connectivity index (χ1v) is 9.08. The van der Waals surface area contributed by atoms with Crippen molar-refractivity contribution in [2.45, 2.75) is 26.9 Å². The molecule has 0 radical (unpaired) electrons. The van der Waals surface area contributed by atoms with Crippen molar-refractivity contribution in [1.29, 1.82) is 0 Å². The third kappa shape index (κ3) is 2.53. The first-order valence-electron chi connectivity index (χ1n) is 8.20. The Hall–Kier alpha value is -2.60. The van der Waals surface area contributed by atoms with Crippen LogP contribution in [0, 0.1) is 20.8 Å². The van der Waals surface area contributed by atoms with Gasteiger partial charge in [-0.1, -0.05) is 18.2 Å². The number of anilines is 1. The topological polar surface area (TPSA) is 59.0 Å². The zero-order valence-corrected chi connectivity index (χ0v) is 15.5. The van der Waals surface area contributed by atoms with Gasteiger partial charge in [0, 0.05) is 29.2 Å². The van der Waals surface area contributed by atoms with E-state index in [2.05, 4.69) is 53.2 Å². The molecule has 25 heavy (non-hydrogen) atoms. The van der Waals surface area contributed by atoms with Crippen LogP contribution in [0.4, 0.5) is 5.00 Å². The van der Waals surface area contributed by atoms with Gasteiger partial charge in [0.1, 0.15) is 11.2 Å². The Labute approximate surface area is 150 Å². The lowest BCUT2D eigenvalue weighted by Gasteiger charge is -2.26. The highest BCUT2D eigenvalue weighted by atomic mass is 32.1. The molecule has 0 saturated heterocycles. The van der Waals surface area contributed by atoms with Gasteiger partial charge in [0.15, 0.2) is 0 Å². The molecular formula is C19H20N4OS. The van der Waals surface area contributed by atoms with Crippen LogP contribution in [0.2, 0.25) is 0 Å². The maximum absolute atomic E-state index is 12.8. The Morgan fingerprint density at radius 2 is 1.96 bits per heavy atom. The SMILES string of the molecule is Cc1ccc(-c2csc3c2C(=O)NC(c2cnn(C)c2C)N3)cc1C. The number of rotatable bonds is 2. The summed E-state index contributed by atoms with van der Waals surface area (Å²) in [5.41, 5.74) is 7.29. The fourth-order valence-corrected chi connectivity index (χ4v) is 4.13. The Balaban J connectivity index is 1.73. The molecule has 1 atom stereocenters. The second-order valence-electron chi connectivity index (χ2n) is 6.51. The highest BCUT2D eigenvalue weighted by molar-refractivity contribution is 7.15. The van der Waals surface area contributed by atoms with Crippen molar-refractivity contribution in [2.75, 3.05) is 5.32 Å². The average molecular weight is 352 g/mol. The van der Waals surface area contributed by atoms with E-state index in [0.29, 0.717) is 0 Å². The smallest absolute Gasteiger partial charge is 0.256 e. The number of nitrogens with zero attached hydrogens (tertiary/aromatic N) is 2. The number of carbonyl (C=O) groups is 1. The van der Waals surface area contributed by atoms with Crippen LogP contribution < -0.4 is 10.6 Å². The lowest BCUT2D eigenvalue weighted by Crippen LogP contribution is -2.38. The number of hydrogen-bond donors (Lipinski definition) is 2. The average Bonchev–Trinajstić information content (AvgIpc) is 3.15. The molecule has 1 unspecified atom stereocenters. The summed E-state index contributed by atoms with van der Waals surface area (Å²) in [6.07, 6.45) is 1.55. The standard InChI is InChI=1S/C19H20N4OS/c1-10-5-6-13(7-11(10)2)15-9-25-19-16(15)18(24)21-17(22-19)14-8-20-23(4)12(14)3/h5-9,17,22H,1-4H3,(H,21,24). The fraction of sp³-hybridized carbons (Fsp3) is 0.263. The molecule has 0 bridgehead atoms. The minimum atomic E-state index is -0.250. The summed E-state index contributed by atoms with van der Waals surface area (Å²) in [6.45, 7) is 6.19. The number of aromatic nitrogens is 2. The van der Waals surface area contributed by atoms with Crippen molar-refractivity contribution in [2.24, 2.45) is 7.05 Å². The number of amides is 1. The highest BCUT2D eigenvalue weighted by Crippen LogP contribution is 2.40. The Morgan fingerprint density at radius 1 is 1.16 bits per heavy atom. The first kappa shape index (κ1) is 15.9. The number of benzene rings is 1. The van der Waals surface area contributed by atoms with Gasteiger partial charge in [-0.2, -0.15) is 5.10 Å². The van der Waals surface area contributed by atoms with Crippen molar-refractivity contribution >= 4 is 22.2 Å². The van der Waals surface area contributed by atoms with Crippen LogP contribution >= 0.6 is 11.3 Å². The number of aryl methyl sites for hydroxylation is 3. The summed E-state index contributed by atoms with van der Waals surface area (Å²) in [6, 6.07) is 6.32. The number of fused-ring (bicyclic) bond motifs is 1. The van der Waals surface area contributed by atoms with Gasteiger partial charge in [-0.25, -0.2) is 0 Å². The van der Waals surface area contributed by atoms with Crippen LogP contribution in [-0.2, 0) is 7.05 Å². The van der Waals surface area contributed by atoms with E-state index in [-0.39, 0.29) is 12.1 Å². The molecule has 0 spiro atoms. The van der Waals surface area contributed by atoms with Crippen molar-refractivity contribution in [1.82, 2.24) is 15.1 Å². The quantitative estimate of drug-likeness (QED) is 0.735. The zero-order valence-electron chi connectivity index (χ0n) is 14.7. The first-order chi connectivity index (χ1) is 12.0. The lowest BCUT2D eigenvalue weighted by molar-refractivity contribution is 0.0937. The summed E-state index contributed by atoms with van der Waals surface area (Å²) in [4.78, 5) is 12.8. The molecule has 2 N–H and O–H groups in total. The molecule has 5 nitrogen and oxygen atoms in total. The molecule has 2 aromatic heterocycles. The van der Waals surface area contributed by atoms with Crippen molar-refractivity contribution in [3.05, 3.63) is 57.7 Å². The van der Waals surface area contributed by atoms with Gasteiger partial charge < -0.3 is 10.6 Å². The van der Waals surface area contributed by atoms with Crippen LogP contribution in [0.25, 0.3) is 11.1 Å². The molecule has 3 heterocycles. The predicted molar refractivity (Wildman–Crippen MR) is 101 cm³/mol. The Bertz CT molecular complexity index is 985. The summed E-state index contributed by atoms with van der Waals surface area (Å²) in [7, 11) is 1.90. The Morgan fingerprint density at radius 3 is 2.64 bits per heavy atom. The fourth-order valence-electron chi connectivity index (χ4n) is 3.14. The minimum absolute atomic E-state index is 0.0449. The lowest BCUT2D eigenvalue weighted by atomic mass is 9.98. The van der Waals surface area contributed by atoms with E-state index >= 15 is 0 Å². The van der Waals surface area contributed by atoms with Crippen molar-refractivity contribution < 1.29 is 4.79 Å². The number of hydrogen-bond acceptors (Lipinski definition) is 4. The molecular weight excluding hydrogens is 332 g/mol. The molecule has 1 amide bonds. The van der Waals surface area contributed by atoms with Gasteiger partial charge in [0.2, 0.25) is 0 Å². The van der Waals surface area contributed by atoms with Crippen LogP contribution in [0.5, 0.6) is 0 Å². The van der Waals surface area contributed by atoms with Crippen LogP contribution in [0.1, 0.15) is 38.9 Å². The molecule has 0 aliphatic carbocycles. The van der Waals surface area contributed by atoms with Crippen LogP contribution in [0.15, 0.2) is 29.8 Å². The van der Waals surface area contributed by atoms with E-state index < -0.39 is 0 Å². The maximum Gasteiger partial charge on any atom is 0.256 e. The van der Waals surface area contributed by atoms with Crippen LogP contribution in [-0.4, -0.2) is 15.7 Å². The molecule has 1 aliphatic heterocycles. The van der Waals surface area contributed by atoms with Gasteiger partial charge in [0.05, 0.1) is 11.8 Å². The largest absolute Gasteiger partial charge is 0.352 e. The number of nitrogens with one attached hydrogen (secondary N) is 2. The molecule has 6 heteroatoms. The normalized spacial score (nSPS) is 16.3. The third-order valence-electron chi connectivity index (χ3n) is 4.97. The van der Waals surface area contributed by atoms with Gasteiger partial charge in [-0.05, 0) is 37.5 Å². The van der Waals surface area contributed by atoms with E-state index in [0.717, 1.165) is 32.9 Å². The summed E-state index contributed by atoms with van der Waals surface area (Å²) in [5.74, 6) is -0.0449. The number of carbonyl (C=O) groups excluding carboxylic acids is 1.